The predicted octanol–water partition coefficient (Wildman–Crippen LogP) is 6.57. The number of rotatable bonds is 76. The molecule has 0 saturated carbocycles. The summed E-state index contributed by atoms with van der Waals surface area (Å²) in [6, 6.07) is 0. The maximum atomic E-state index is 8.61. The molecule has 0 saturated heterocycles. The van der Waals surface area contributed by atoms with Gasteiger partial charge in [0.1, 0.15) is 0 Å². The quantitative estimate of drug-likeness (QED) is 0.0640. The topological polar surface area (TPSA) is 205 Å². The molecule has 476 valence electrons. The van der Waals surface area contributed by atoms with Gasteiger partial charge in [-0.05, 0) is 6.42 Å². The van der Waals surface area contributed by atoms with Crippen molar-refractivity contribution in [2.45, 2.75) is 110 Å². The first-order valence-electron chi connectivity index (χ1n) is 30.6. The number of aliphatic hydroxyl groups excluding tert-OH is 1. The predicted molar refractivity (Wildman–Crippen MR) is 303 cm³/mol. The SMILES string of the molecule is CCCCCCCCCCCCCCCCCCOCCOCCOCCOCCOCCOCCOCCOCCOCCOCCOCCOCCOCCOCCOCCOCCOCCOCCOCCOCCO. The van der Waals surface area contributed by atoms with Crippen molar-refractivity contribution in [3.05, 3.63) is 0 Å². The fourth-order valence-electron chi connectivity index (χ4n) is 7.10. The van der Waals surface area contributed by atoms with Gasteiger partial charge in [0.25, 0.3) is 0 Å². The largest absolute Gasteiger partial charge is 0.394 e. The smallest absolute Gasteiger partial charge is 0.0701 e. The molecule has 0 aliphatic carbocycles. The van der Waals surface area contributed by atoms with Gasteiger partial charge >= 0.3 is 0 Å². The van der Waals surface area contributed by atoms with Crippen molar-refractivity contribution in [1.29, 1.82) is 0 Å². The molecule has 0 fully saturated rings. The summed E-state index contributed by atoms with van der Waals surface area (Å²) < 4.78 is 110. The summed E-state index contributed by atoms with van der Waals surface area (Å²) in [5.74, 6) is 0. The minimum absolute atomic E-state index is 0.0202. The van der Waals surface area contributed by atoms with Crippen LogP contribution in [0.15, 0.2) is 0 Å². The Hall–Kier alpha value is -0.840. The minimum Gasteiger partial charge on any atom is -0.394 e. The van der Waals surface area contributed by atoms with Crippen LogP contribution in [0.1, 0.15) is 110 Å². The molecule has 0 amide bonds. The van der Waals surface area contributed by atoms with Gasteiger partial charge < -0.3 is 99.8 Å². The Kier molecular flexibility index (Phi) is 76.3. The number of ether oxygens (including phenoxy) is 20. The molecule has 0 aromatic rings. The van der Waals surface area contributed by atoms with Crippen LogP contribution in [0.3, 0.4) is 0 Å². The van der Waals surface area contributed by atoms with Crippen LogP contribution in [0.4, 0.5) is 0 Å². The van der Waals surface area contributed by atoms with Gasteiger partial charge in [-0.1, -0.05) is 103 Å². The third kappa shape index (κ3) is 77.2. The standard InChI is InChI=1S/C58H118O21/c1-2-3-4-5-6-7-8-9-10-11-12-13-14-15-16-17-19-60-21-23-62-25-27-64-29-31-66-33-35-68-37-39-70-41-43-72-45-47-74-49-51-76-53-55-78-57-58-79-56-54-77-52-50-75-48-46-73-44-42-71-40-38-69-36-34-67-32-30-65-28-26-63-24-22-61-20-18-59/h59H,2-58H2,1H3. The Balaban J connectivity index is 3.08. The van der Waals surface area contributed by atoms with Gasteiger partial charge in [0.15, 0.2) is 0 Å². The maximum absolute atomic E-state index is 8.61. The highest BCUT2D eigenvalue weighted by atomic mass is 16.6. The first kappa shape index (κ1) is 78.2. The van der Waals surface area contributed by atoms with Crippen LogP contribution in [-0.4, -0.2) is 276 Å². The summed E-state index contributed by atoms with van der Waals surface area (Å²) in [6.07, 6.45) is 22.1. The zero-order valence-corrected chi connectivity index (χ0v) is 49.9. The normalized spacial score (nSPS) is 11.8. The number of hydrogen-bond acceptors (Lipinski definition) is 21. The average Bonchev–Trinajstić information content (AvgIpc) is 3.46. The van der Waals surface area contributed by atoms with E-state index < -0.39 is 0 Å². The van der Waals surface area contributed by atoms with Crippen LogP contribution >= 0.6 is 0 Å². The fraction of sp³-hybridized carbons (Fsp3) is 1.00. The lowest BCUT2D eigenvalue weighted by Crippen LogP contribution is -2.16. The summed E-state index contributed by atoms with van der Waals surface area (Å²) in [5, 5.41) is 8.61. The van der Waals surface area contributed by atoms with E-state index in [1.54, 1.807) is 0 Å². The van der Waals surface area contributed by atoms with Crippen LogP contribution in [0.5, 0.6) is 0 Å². The molecule has 0 radical (unpaired) electrons. The van der Waals surface area contributed by atoms with Gasteiger partial charge in [-0.15, -0.1) is 0 Å². The highest BCUT2D eigenvalue weighted by Crippen LogP contribution is 2.14. The van der Waals surface area contributed by atoms with Gasteiger partial charge in [-0.2, -0.15) is 0 Å². The summed E-state index contributed by atoms with van der Waals surface area (Å²) in [6.45, 7) is 22.8. The van der Waals surface area contributed by atoms with Crippen molar-refractivity contribution in [2.24, 2.45) is 0 Å². The van der Waals surface area contributed by atoms with E-state index in [1.165, 1.54) is 96.3 Å². The summed E-state index contributed by atoms with van der Waals surface area (Å²) >= 11 is 0. The lowest BCUT2D eigenvalue weighted by atomic mass is 10.0. The molecule has 0 rings (SSSR count). The van der Waals surface area contributed by atoms with E-state index in [1.807, 2.05) is 0 Å². The number of unbranched alkanes of at least 4 members (excludes halogenated alkanes) is 15. The average molecular weight is 1150 g/mol. The van der Waals surface area contributed by atoms with Gasteiger partial charge in [-0.25, -0.2) is 0 Å². The van der Waals surface area contributed by atoms with E-state index in [2.05, 4.69) is 6.92 Å². The molecule has 0 bridgehead atoms. The molecule has 0 atom stereocenters. The molecule has 21 heteroatoms. The molecule has 1 N–H and O–H groups in total. The lowest BCUT2D eigenvalue weighted by molar-refractivity contribution is -0.0315. The Bertz CT molecular complexity index is 955. The van der Waals surface area contributed by atoms with Crippen LogP contribution < -0.4 is 0 Å². The van der Waals surface area contributed by atoms with Crippen molar-refractivity contribution in [1.82, 2.24) is 0 Å². The highest BCUT2D eigenvalue weighted by Gasteiger charge is 2.01. The summed E-state index contributed by atoms with van der Waals surface area (Å²) in [7, 11) is 0. The lowest BCUT2D eigenvalue weighted by Gasteiger charge is -2.09. The second-order valence-corrected chi connectivity index (χ2v) is 18.3. The first-order valence-corrected chi connectivity index (χ1v) is 30.6. The molecule has 0 aliphatic heterocycles. The molecular weight excluding hydrogens is 1030 g/mol. The van der Waals surface area contributed by atoms with E-state index >= 15 is 0 Å². The monoisotopic (exact) mass is 1150 g/mol. The minimum atomic E-state index is 0.0202. The zero-order valence-electron chi connectivity index (χ0n) is 49.9. The molecule has 0 unspecified atom stereocenters. The molecule has 0 spiro atoms. The van der Waals surface area contributed by atoms with Gasteiger partial charge in [0.05, 0.1) is 264 Å². The third-order valence-corrected chi connectivity index (χ3v) is 11.4. The molecule has 0 aromatic carbocycles. The van der Waals surface area contributed by atoms with E-state index in [-0.39, 0.29) is 6.61 Å². The van der Waals surface area contributed by atoms with E-state index in [4.69, 9.17) is 99.8 Å². The van der Waals surface area contributed by atoms with E-state index in [0.717, 1.165) is 13.0 Å². The molecule has 0 aromatic heterocycles. The van der Waals surface area contributed by atoms with Gasteiger partial charge in [-0.3, -0.25) is 0 Å². The molecular formula is C58H118O21. The van der Waals surface area contributed by atoms with Gasteiger partial charge in [0, 0.05) is 6.61 Å². The second-order valence-electron chi connectivity index (χ2n) is 18.3. The summed E-state index contributed by atoms with van der Waals surface area (Å²) in [5.41, 5.74) is 0. The number of aliphatic hydroxyl groups is 1. The van der Waals surface area contributed by atoms with Crippen molar-refractivity contribution < 1.29 is 99.8 Å². The van der Waals surface area contributed by atoms with Gasteiger partial charge in [0.2, 0.25) is 0 Å². The summed E-state index contributed by atoms with van der Waals surface area (Å²) in [4.78, 5) is 0. The van der Waals surface area contributed by atoms with Crippen molar-refractivity contribution >= 4 is 0 Å². The Morgan fingerprint density at radius 3 is 0.392 bits per heavy atom. The molecule has 0 heterocycles. The van der Waals surface area contributed by atoms with Crippen LogP contribution in [0.25, 0.3) is 0 Å². The van der Waals surface area contributed by atoms with Crippen LogP contribution in [0, 0.1) is 0 Å². The number of hydrogen-bond donors (Lipinski definition) is 1. The Morgan fingerprint density at radius 2 is 0.253 bits per heavy atom. The maximum Gasteiger partial charge on any atom is 0.0701 e. The van der Waals surface area contributed by atoms with Crippen LogP contribution in [0.2, 0.25) is 0 Å². The first-order chi connectivity index (χ1) is 39.4. The van der Waals surface area contributed by atoms with Crippen LogP contribution in [-0.2, 0) is 94.7 Å². The van der Waals surface area contributed by atoms with E-state index in [9.17, 15) is 0 Å². The van der Waals surface area contributed by atoms with E-state index in [0.29, 0.717) is 258 Å². The molecule has 21 nitrogen and oxygen atoms in total. The van der Waals surface area contributed by atoms with Crippen molar-refractivity contribution in [3.63, 3.8) is 0 Å². The van der Waals surface area contributed by atoms with Crippen molar-refractivity contribution in [2.75, 3.05) is 271 Å². The zero-order chi connectivity index (χ0) is 56.4. The Morgan fingerprint density at radius 1 is 0.139 bits per heavy atom. The third-order valence-electron chi connectivity index (χ3n) is 11.4. The molecule has 79 heavy (non-hydrogen) atoms. The fourth-order valence-corrected chi connectivity index (χ4v) is 7.10. The Labute approximate surface area is 479 Å². The van der Waals surface area contributed by atoms with Crippen molar-refractivity contribution in [3.8, 4) is 0 Å². The second kappa shape index (κ2) is 77.2. The molecule has 0 aliphatic rings. The highest BCUT2D eigenvalue weighted by molar-refractivity contribution is 4.51.